The fourth-order valence-corrected chi connectivity index (χ4v) is 2.20. The Morgan fingerprint density at radius 1 is 1.44 bits per heavy atom. The average Bonchev–Trinajstić information content (AvgIpc) is 2.22. The molecule has 1 fully saturated rings. The maximum absolute atomic E-state index is 11.0. The summed E-state index contributed by atoms with van der Waals surface area (Å²) in [6, 6.07) is 0. The number of hydrogen-bond donors (Lipinski definition) is 0. The van der Waals surface area contributed by atoms with Crippen molar-refractivity contribution in [1.82, 2.24) is 0 Å². The highest BCUT2D eigenvalue weighted by Gasteiger charge is 2.45. The van der Waals surface area contributed by atoms with E-state index in [0.717, 1.165) is 17.6 Å². The van der Waals surface area contributed by atoms with Crippen LogP contribution in [0, 0.1) is 5.92 Å². The first kappa shape index (κ1) is 11.4. The Balaban J connectivity index is 2.30. The molecule has 3 rings (SSSR count). The van der Waals surface area contributed by atoms with E-state index in [1.165, 1.54) is 6.92 Å². The first-order chi connectivity index (χ1) is 7.50. The summed E-state index contributed by atoms with van der Waals surface area (Å²) < 4.78 is 5.21. The number of carbonyl (C=O) groups excluding carboxylic acids is 1. The second-order valence-corrected chi connectivity index (χ2v) is 4.43. The molecule has 88 valence electrons. The van der Waals surface area contributed by atoms with Crippen LogP contribution in [0.25, 0.3) is 0 Å². The molecular formula is C12H16O4. The van der Waals surface area contributed by atoms with Gasteiger partial charge in [-0.1, -0.05) is 12.2 Å². The van der Waals surface area contributed by atoms with Crippen molar-refractivity contribution < 1.29 is 19.3 Å². The van der Waals surface area contributed by atoms with Crippen LogP contribution in [0.3, 0.4) is 0 Å². The lowest BCUT2D eigenvalue weighted by molar-refractivity contribution is -0.382. The van der Waals surface area contributed by atoms with E-state index < -0.39 is 0 Å². The van der Waals surface area contributed by atoms with Gasteiger partial charge in [0.1, 0.15) is 11.9 Å². The molecule has 0 spiro atoms. The van der Waals surface area contributed by atoms with Gasteiger partial charge in [0.05, 0.1) is 0 Å². The van der Waals surface area contributed by atoms with Crippen LogP contribution in [0.2, 0.25) is 0 Å². The molecule has 3 aliphatic rings. The van der Waals surface area contributed by atoms with Crippen LogP contribution >= 0.6 is 0 Å². The van der Waals surface area contributed by atoms with Crippen LogP contribution in [0.5, 0.6) is 0 Å². The number of carbonyl (C=O) groups is 1. The SMILES string of the molecule is C=C(C)[C@H]1C[C@@H]2OO[C@H]1C(OC(C)=O)=C2C. The molecule has 4 heteroatoms. The smallest absolute Gasteiger partial charge is 0.307 e. The van der Waals surface area contributed by atoms with Crippen molar-refractivity contribution in [2.24, 2.45) is 5.92 Å². The van der Waals surface area contributed by atoms with E-state index in [0.29, 0.717) is 5.76 Å². The molecule has 1 saturated heterocycles. The second kappa shape index (κ2) is 4.03. The van der Waals surface area contributed by atoms with Gasteiger partial charge in [0, 0.05) is 12.8 Å². The summed E-state index contributed by atoms with van der Waals surface area (Å²) in [5.41, 5.74) is 1.97. The fourth-order valence-electron chi connectivity index (χ4n) is 2.20. The summed E-state index contributed by atoms with van der Waals surface area (Å²) in [6.45, 7) is 9.19. The molecule has 0 N–H and O–H groups in total. The highest BCUT2D eigenvalue weighted by molar-refractivity contribution is 5.67. The van der Waals surface area contributed by atoms with Crippen molar-refractivity contribution in [2.45, 2.75) is 39.4 Å². The normalized spacial score (nSPS) is 32.8. The van der Waals surface area contributed by atoms with E-state index in [1.54, 1.807) is 0 Å². The standard InChI is InChI=1S/C12H16O4/c1-6(2)9-5-10-7(3)11(14-8(4)13)12(9)16-15-10/h9-10,12H,1,5H2,2-4H3/t9-,10+,12-/m1/s1. The molecule has 0 amide bonds. The van der Waals surface area contributed by atoms with Gasteiger partial charge in [0.15, 0.2) is 6.10 Å². The van der Waals surface area contributed by atoms with Crippen molar-refractivity contribution in [3.63, 3.8) is 0 Å². The Morgan fingerprint density at radius 3 is 2.69 bits per heavy atom. The summed E-state index contributed by atoms with van der Waals surface area (Å²) in [6.07, 6.45) is 0.392. The zero-order chi connectivity index (χ0) is 11.9. The summed E-state index contributed by atoms with van der Waals surface area (Å²) >= 11 is 0. The number of hydrogen-bond acceptors (Lipinski definition) is 4. The molecule has 1 aliphatic carbocycles. The first-order valence-corrected chi connectivity index (χ1v) is 5.37. The third kappa shape index (κ3) is 1.79. The van der Waals surface area contributed by atoms with Crippen molar-refractivity contribution in [3.05, 3.63) is 23.5 Å². The zero-order valence-electron chi connectivity index (χ0n) is 9.78. The molecule has 4 nitrogen and oxygen atoms in total. The van der Waals surface area contributed by atoms with Crippen LogP contribution in [-0.2, 0) is 19.3 Å². The van der Waals surface area contributed by atoms with Gasteiger partial charge in [-0.2, -0.15) is 0 Å². The van der Waals surface area contributed by atoms with Gasteiger partial charge in [-0.3, -0.25) is 4.79 Å². The molecule has 16 heavy (non-hydrogen) atoms. The van der Waals surface area contributed by atoms with Gasteiger partial charge in [-0.15, -0.1) is 0 Å². The van der Waals surface area contributed by atoms with Crippen LogP contribution in [0.4, 0.5) is 0 Å². The zero-order valence-corrected chi connectivity index (χ0v) is 9.78. The highest BCUT2D eigenvalue weighted by Crippen LogP contribution is 2.42. The summed E-state index contributed by atoms with van der Waals surface area (Å²) in [7, 11) is 0. The van der Waals surface area contributed by atoms with Gasteiger partial charge in [0.25, 0.3) is 0 Å². The first-order valence-electron chi connectivity index (χ1n) is 5.37. The molecule has 2 aliphatic heterocycles. The van der Waals surface area contributed by atoms with E-state index in [1.807, 2.05) is 13.8 Å². The fraction of sp³-hybridized carbons (Fsp3) is 0.583. The van der Waals surface area contributed by atoms with Gasteiger partial charge < -0.3 is 4.74 Å². The van der Waals surface area contributed by atoms with E-state index in [9.17, 15) is 4.79 Å². The van der Waals surface area contributed by atoms with E-state index >= 15 is 0 Å². The molecule has 0 unspecified atom stereocenters. The molecule has 2 bridgehead atoms. The molecule has 0 aromatic rings. The number of ether oxygens (including phenoxy) is 1. The number of rotatable bonds is 2. The van der Waals surface area contributed by atoms with Crippen molar-refractivity contribution >= 4 is 5.97 Å². The van der Waals surface area contributed by atoms with Crippen LogP contribution < -0.4 is 0 Å². The van der Waals surface area contributed by atoms with Crippen LogP contribution in [0.1, 0.15) is 27.2 Å². The maximum atomic E-state index is 11.0. The van der Waals surface area contributed by atoms with Crippen molar-refractivity contribution in [2.75, 3.05) is 0 Å². The molecule has 2 heterocycles. The van der Waals surface area contributed by atoms with E-state index in [-0.39, 0.29) is 24.1 Å². The van der Waals surface area contributed by atoms with Gasteiger partial charge in [-0.25, -0.2) is 9.78 Å². The molecule has 3 atom stereocenters. The van der Waals surface area contributed by atoms with Crippen molar-refractivity contribution in [1.29, 1.82) is 0 Å². The molecule has 0 aromatic heterocycles. The maximum Gasteiger partial charge on any atom is 0.307 e. The number of esters is 1. The Morgan fingerprint density at radius 2 is 2.12 bits per heavy atom. The Hall–Kier alpha value is -1.13. The van der Waals surface area contributed by atoms with Gasteiger partial charge in [0.2, 0.25) is 0 Å². The monoisotopic (exact) mass is 224 g/mol. The third-order valence-electron chi connectivity index (χ3n) is 3.13. The van der Waals surface area contributed by atoms with Gasteiger partial charge in [-0.05, 0) is 25.8 Å². The molecule has 0 aromatic carbocycles. The molecular weight excluding hydrogens is 208 g/mol. The Bertz CT molecular complexity index is 369. The topological polar surface area (TPSA) is 44.8 Å². The summed E-state index contributed by atoms with van der Waals surface area (Å²) in [4.78, 5) is 21.5. The van der Waals surface area contributed by atoms with Crippen molar-refractivity contribution in [3.8, 4) is 0 Å². The minimum absolute atomic E-state index is 0.124. The quantitative estimate of drug-likeness (QED) is 0.409. The average molecular weight is 224 g/mol. The Kier molecular flexibility index (Phi) is 2.86. The lowest BCUT2D eigenvalue weighted by Gasteiger charge is -2.42. The van der Waals surface area contributed by atoms with Crippen LogP contribution in [0.15, 0.2) is 23.5 Å². The lowest BCUT2D eigenvalue weighted by Crippen LogP contribution is -2.45. The highest BCUT2D eigenvalue weighted by atomic mass is 17.2. The van der Waals surface area contributed by atoms with E-state index in [2.05, 4.69) is 6.58 Å². The summed E-state index contributed by atoms with van der Waals surface area (Å²) in [5, 5.41) is 0. The Labute approximate surface area is 94.8 Å². The second-order valence-electron chi connectivity index (χ2n) is 4.43. The lowest BCUT2D eigenvalue weighted by atomic mass is 9.80. The minimum Gasteiger partial charge on any atom is -0.428 e. The minimum atomic E-state index is -0.328. The predicted octanol–water partition coefficient (Wildman–Crippen LogP) is 2.12. The van der Waals surface area contributed by atoms with Gasteiger partial charge >= 0.3 is 5.97 Å². The number of fused-ring (bicyclic) bond motifs is 2. The largest absolute Gasteiger partial charge is 0.428 e. The van der Waals surface area contributed by atoms with Crippen LogP contribution in [-0.4, -0.2) is 18.2 Å². The predicted molar refractivity (Wildman–Crippen MR) is 57.1 cm³/mol. The third-order valence-corrected chi connectivity index (χ3v) is 3.13. The molecule has 0 radical (unpaired) electrons. The summed E-state index contributed by atoms with van der Waals surface area (Å²) in [5.74, 6) is 0.436. The van der Waals surface area contributed by atoms with E-state index in [4.69, 9.17) is 14.5 Å². The molecule has 0 saturated carbocycles.